The van der Waals surface area contributed by atoms with E-state index in [2.05, 4.69) is 15.3 Å². The number of benzene rings is 1. The molecule has 3 aromatic rings. The highest BCUT2D eigenvalue weighted by molar-refractivity contribution is 7.15. The van der Waals surface area contributed by atoms with E-state index >= 15 is 0 Å². The average Bonchev–Trinajstić information content (AvgIpc) is 3.01. The van der Waals surface area contributed by atoms with Gasteiger partial charge in [-0.15, -0.1) is 11.3 Å². The molecule has 5 nitrogen and oxygen atoms in total. The topological polar surface area (TPSA) is 64.1 Å². The number of rotatable bonds is 5. The lowest BCUT2D eigenvalue weighted by Gasteiger charge is -2.06. The molecule has 0 aliphatic rings. The number of pyridine rings is 1. The van der Waals surface area contributed by atoms with Gasteiger partial charge in [0.1, 0.15) is 10.8 Å². The van der Waals surface area contributed by atoms with Gasteiger partial charge in [-0.2, -0.15) is 0 Å². The summed E-state index contributed by atoms with van der Waals surface area (Å²) in [7, 11) is 1.58. The van der Waals surface area contributed by atoms with Crippen LogP contribution in [0, 0.1) is 6.92 Å². The quantitative estimate of drug-likeness (QED) is 0.773. The van der Waals surface area contributed by atoms with Crippen molar-refractivity contribution < 1.29 is 9.53 Å². The predicted octanol–water partition coefficient (Wildman–Crippen LogP) is 3.45. The molecule has 2 heterocycles. The third-order valence-corrected chi connectivity index (χ3v) is 4.75. The monoisotopic (exact) mass is 339 g/mol. The zero-order valence-corrected chi connectivity index (χ0v) is 14.3. The van der Waals surface area contributed by atoms with Gasteiger partial charge in [-0.05, 0) is 37.3 Å². The van der Waals surface area contributed by atoms with E-state index in [1.807, 2.05) is 25.1 Å². The number of methoxy groups -OCH3 is 1. The maximum atomic E-state index is 12.3. The normalized spacial score (nSPS) is 10.4. The van der Waals surface area contributed by atoms with E-state index in [-0.39, 0.29) is 5.91 Å². The highest BCUT2D eigenvalue weighted by Crippen LogP contribution is 2.27. The third kappa shape index (κ3) is 3.60. The van der Waals surface area contributed by atoms with Crippen molar-refractivity contribution in [2.45, 2.75) is 13.5 Å². The number of carbonyl (C=O) groups is 1. The molecule has 0 aliphatic carbocycles. The lowest BCUT2D eigenvalue weighted by atomic mass is 10.2. The molecule has 1 N–H and O–H groups in total. The van der Waals surface area contributed by atoms with E-state index in [0.29, 0.717) is 17.9 Å². The van der Waals surface area contributed by atoms with Crippen LogP contribution in [0.2, 0.25) is 0 Å². The van der Waals surface area contributed by atoms with Crippen LogP contribution in [0.3, 0.4) is 0 Å². The molecule has 0 bridgehead atoms. The number of hydrogen-bond donors (Lipinski definition) is 1. The molecular weight excluding hydrogens is 322 g/mol. The number of ether oxygens (including phenoxy) is 1. The highest BCUT2D eigenvalue weighted by Gasteiger charge is 2.12. The second-order valence-corrected chi connectivity index (χ2v) is 6.27. The smallest absolute Gasteiger partial charge is 0.251 e. The summed E-state index contributed by atoms with van der Waals surface area (Å²) >= 11 is 1.57. The van der Waals surface area contributed by atoms with Gasteiger partial charge in [0.2, 0.25) is 0 Å². The maximum absolute atomic E-state index is 12.3. The third-order valence-electron chi connectivity index (χ3n) is 3.54. The first-order chi connectivity index (χ1) is 11.7. The first-order valence-corrected chi connectivity index (χ1v) is 8.28. The zero-order valence-electron chi connectivity index (χ0n) is 13.4. The van der Waals surface area contributed by atoms with Crippen molar-refractivity contribution in [3.8, 4) is 16.3 Å². The van der Waals surface area contributed by atoms with Crippen LogP contribution >= 0.6 is 11.3 Å². The van der Waals surface area contributed by atoms with Gasteiger partial charge in [-0.3, -0.25) is 9.78 Å². The number of carbonyl (C=O) groups excluding carboxylic acids is 1. The van der Waals surface area contributed by atoms with Crippen molar-refractivity contribution in [3.63, 3.8) is 0 Å². The molecule has 6 heteroatoms. The first-order valence-electron chi connectivity index (χ1n) is 7.46. The van der Waals surface area contributed by atoms with Crippen LogP contribution in [0.15, 0.2) is 48.8 Å². The molecule has 0 fully saturated rings. The zero-order chi connectivity index (χ0) is 16.9. The van der Waals surface area contributed by atoms with Gasteiger partial charge in [-0.1, -0.05) is 6.07 Å². The number of hydrogen-bond acceptors (Lipinski definition) is 5. The van der Waals surface area contributed by atoms with Gasteiger partial charge >= 0.3 is 0 Å². The van der Waals surface area contributed by atoms with Crippen molar-refractivity contribution >= 4 is 17.2 Å². The molecule has 1 aromatic carbocycles. The number of aryl methyl sites for hydroxylation is 1. The van der Waals surface area contributed by atoms with Crippen molar-refractivity contribution in [1.29, 1.82) is 0 Å². The standard InChI is InChI=1S/C18H17N3O2S/c1-12-16(24-18(21-12)14-6-4-8-19-10-14)11-20-17(22)13-5-3-7-15(9-13)23-2/h3-10H,11H2,1-2H3,(H,20,22). The number of amides is 1. The van der Waals surface area contributed by atoms with Crippen molar-refractivity contribution in [3.05, 3.63) is 64.9 Å². The summed E-state index contributed by atoms with van der Waals surface area (Å²) in [5.41, 5.74) is 2.48. The van der Waals surface area contributed by atoms with E-state index in [1.165, 1.54) is 0 Å². The van der Waals surface area contributed by atoms with Crippen LogP contribution in [0.25, 0.3) is 10.6 Å². The summed E-state index contributed by atoms with van der Waals surface area (Å²) < 4.78 is 5.15. The Hall–Kier alpha value is -2.73. The second-order valence-electron chi connectivity index (χ2n) is 5.18. The van der Waals surface area contributed by atoms with E-state index in [0.717, 1.165) is 21.1 Å². The minimum absolute atomic E-state index is 0.135. The summed E-state index contributed by atoms with van der Waals surface area (Å²) in [6, 6.07) is 10.9. The summed E-state index contributed by atoms with van der Waals surface area (Å²) in [4.78, 5) is 22.0. The predicted molar refractivity (Wildman–Crippen MR) is 94.2 cm³/mol. The molecule has 24 heavy (non-hydrogen) atoms. The molecule has 0 saturated carbocycles. The Morgan fingerprint density at radius 1 is 1.29 bits per heavy atom. The highest BCUT2D eigenvalue weighted by atomic mass is 32.1. The Bertz CT molecular complexity index is 846. The SMILES string of the molecule is COc1cccc(C(=O)NCc2sc(-c3cccnc3)nc2C)c1. The molecule has 0 atom stereocenters. The lowest BCUT2D eigenvalue weighted by molar-refractivity contribution is 0.0951. The first kappa shape index (κ1) is 16.1. The number of nitrogens with one attached hydrogen (secondary N) is 1. The van der Waals surface area contributed by atoms with E-state index < -0.39 is 0 Å². The van der Waals surface area contributed by atoms with Crippen LogP contribution in [0.5, 0.6) is 5.75 Å². The Labute approximate surface area is 144 Å². The molecular formula is C18H17N3O2S. The fourth-order valence-corrected chi connectivity index (χ4v) is 3.22. The Morgan fingerprint density at radius 2 is 2.17 bits per heavy atom. The fourth-order valence-electron chi connectivity index (χ4n) is 2.23. The molecule has 0 aliphatic heterocycles. The molecule has 1 amide bonds. The van der Waals surface area contributed by atoms with Gasteiger partial charge in [0.05, 0.1) is 19.3 Å². The van der Waals surface area contributed by atoms with Crippen LogP contribution in [-0.2, 0) is 6.54 Å². The molecule has 2 aromatic heterocycles. The van der Waals surface area contributed by atoms with Crippen LogP contribution in [0.4, 0.5) is 0 Å². The minimum Gasteiger partial charge on any atom is -0.497 e. The van der Waals surface area contributed by atoms with Crippen molar-refractivity contribution in [2.75, 3.05) is 7.11 Å². The van der Waals surface area contributed by atoms with Crippen molar-refractivity contribution in [2.24, 2.45) is 0 Å². The van der Waals surface area contributed by atoms with Gasteiger partial charge in [-0.25, -0.2) is 4.98 Å². The molecule has 0 saturated heterocycles. The van der Waals surface area contributed by atoms with E-state index in [9.17, 15) is 4.79 Å². The number of aromatic nitrogens is 2. The second kappa shape index (κ2) is 7.23. The van der Waals surface area contributed by atoms with Crippen LogP contribution in [-0.4, -0.2) is 23.0 Å². The van der Waals surface area contributed by atoms with Gasteiger partial charge < -0.3 is 10.1 Å². The van der Waals surface area contributed by atoms with Gasteiger partial charge in [0, 0.05) is 28.4 Å². The molecule has 3 rings (SSSR count). The Kier molecular flexibility index (Phi) is 4.86. The van der Waals surface area contributed by atoms with Crippen LogP contribution < -0.4 is 10.1 Å². The summed E-state index contributed by atoms with van der Waals surface area (Å²) in [5.74, 6) is 0.528. The molecule has 122 valence electrons. The minimum atomic E-state index is -0.135. The maximum Gasteiger partial charge on any atom is 0.251 e. The largest absolute Gasteiger partial charge is 0.497 e. The molecule has 0 unspecified atom stereocenters. The van der Waals surface area contributed by atoms with E-state index in [4.69, 9.17) is 4.74 Å². The number of thiazole rings is 1. The van der Waals surface area contributed by atoms with Gasteiger partial charge in [0.25, 0.3) is 5.91 Å². The fraction of sp³-hybridized carbons (Fsp3) is 0.167. The Balaban J connectivity index is 1.70. The van der Waals surface area contributed by atoms with E-state index in [1.54, 1.807) is 49.0 Å². The summed E-state index contributed by atoms with van der Waals surface area (Å²) in [6.45, 7) is 2.39. The Morgan fingerprint density at radius 3 is 2.92 bits per heavy atom. The van der Waals surface area contributed by atoms with Gasteiger partial charge in [0.15, 0.2) is 0 Å². The van der Waals surface area contributed by atoms with Crippen molar-refractivity contribution in [1.82, 2.24) is 15.3 Å². The molecule has 0 radical (unpaired) electrons. The number of nitrogens with zero attached hydrogens (tertiary/aromatic N) is 2. The lowest BCUT2D eigenvalue weighted by Crippen LogP contribution is -2.22. The van der Waals surface area contributed by atoms with Crippen LogP contribution in [0.1, 0.15) is 20.9 Å². The summed E-state index contributed by atoms with van der Waals surface area (Å²) in [5, 5.41) is 3.84. The average molecular weight is 339 g/mol. The summed E-state index contributed by atoms with van der Waals surface area (Å²) in [6.07, 6.45) is 3.52. The molecule has 0 spiro atoms.